The molecule has 0 spiro atoms. The normalized spacial score (nSPS) is 15.5. The largest absolute Gasteiger partial charge is 0.355 e. The molecule has 4 saturated heterocycles. The second-order valence-electron chi connectivity index (χ2n) is 26.7. The summed E-state index contributed by atoms with van der Waals surface area (Å²) in [4.78, 5) is 33.7. The van der Waals surface area contributed by atoms with Crippen molar-refractivity contribution >= 4 is 118 Å². The molecular formula is C76H77BrCl4F2N22O. The lowest BCUT2D eigenvalue weighted by molar-refractivity contribution is -0.130. The van der Waals surface area contributed by atoms with E-state index in [0.717, 1.165) is 177 Å². The summed E-state index contributed by atoms with van der Waals surface area (Å²) in [7, 11) is 4.35. The van der Waals surface area contributed by atoms with Crippen LogP contribution in [-0.2, 0) is 30.4 Å². The number of carbonyl (C=O) groups is 1. The number of H-pyrrole nitrogens is 1. The number of likely N-dealkylation sites (N-methyl/N-ethyl adjacent to an activating group) is 2. The van der Waals surface area contributed by atoms with Crippen LogP contribution in [0, 0.1) is 0 Å². The molecule has 4 aromatic carbocycles. The number of aromatic amines is 1. The molecule has 9 aromatic heterocycles. The zero-order valence-electron chi connectivity index (χ0n) is 58.7. The zero-order chi connectivity index (χ0) is 73.4. The third-order valence-electron chi connectivity index (χ3n) is 19.4. The van der Waals surface area contributed by atoms with E-state index in [1.54, 1.807) is 41.6 Å². The second kappa shape index (κ2) is 33.4. The number of aromatic nitrogens is 16. The summed E-state index contributed by atoms with van der Waals surface area (Å²) in [6.45, 7) is 16.1. The van der Waals surface area contributed by atoms with E-state index in [4.69, 9.17) is 56.6 Å². The van der Waals surface area contributed by atoms with Gasteiger partial charge in [0.1, 0.15) is 40.7 Å². The van der Waals surface area contributed by atoms with Crippen LogP contribution < -0.4 is 4.90 Å². The molecule has 1 N–H and O–H groups in total. The summed E-state index contributed by atoms with van der Waals surface area (Å²) < 4.78 is 34.5. The Kier molecular flexibility index (Phi) is 23.2. The molecule has 0 radical (unpaired) electrons. The van der Waals surface area contributed by atoms with E-state index in [9.17, 15) is 13.6 Å². The molecule has 23 nitrogen and oxygen atoms in total. The Morgan fingerprint density at radius 3 is 1.37 bits per heavy atom. The highest BCUT2D eigenvalue weighted by Crippen LogP contribution is 2.42. The summed E-state index contributed by atoms with van der Waals surface area (Å²) in [5.74, 6) is -2.48. The van der Waals surface area contributed by atoms with Crippen LogP contribution in [-0.4, -0.2) is 216 Å². The average molecular weight is 1570 g/mol. The third kappa shape index (κ3) is 16.4. The average Bonchev–Trinajstić information content (AvgIpc) is 1.61. The first-order valence-electron chi connectivity index (χ1n) is 35.4. The van der Waals surface area contributed by atoms with Gasteiger partial charge in [0.15, 0.2) is 28.4 Å². The number of hydrogen-bond donors (Lipinski definition) is 1. The van der Waals surface area contributed by atoms with Crippen molar-refractivity contribution < 1.29 is 13.6 Å². The number of piperazine rings is 2. The maximum Gasteiger partial charge on any atom is 0.289 e. The van der Waals surface area contributed by atoms with E-state index in [1.807, 2.05) is 125 Å². The van der Waals surface area contributed by atoms with Gasteiger partial charge in [-0.1, -0.05) is 174 Å². The molecule has 4 fully saturated rings. The van der Waals surface area contributed by atoms with Crippen molar-refractivity contribution in [3.63, 3.8) is 0 Å². The van der Waals surface area contributed by atoms with Gasteiger partial charge >= 0.3 is 0 Å². The molecular weight excluding hydrogens is 1500 g/mol. The Hall–Kier alpha value is -9.09. The first-order valence-corrected chi connectivity index (χ1v) is 37.7. The molecule has 4 aliphatic rings. The molecule has 30 heteroatoms. The van der Waals surface area contributed by atoms with E-state index < -0.39 is 11.6 Å². The van der Waals surface area contributed by atoms with Crippen molar-refractivity contribution in [1.29, 1.82) is 0 Å². The van der Waals surface area contributed by atoms with E-state index in [1.165, 1.54) is 17.5 Å². The molecule has 13 aromatic rings. The number of pyridine rings is 1. The van der Waals surface area contributed by atoms with Gasteiger partial charge in [-0.3, -0.25) is 19.6 Å². The lowest BCUT2D eigenvalue weighted by Gasteiger charge is -2.32. The number of nitrogens with one attached hydrogen (secondary N) is 1. The first kappa shape index (κ1) is 73.8. The fourth-order valence-corrected chi connectivity index (χ4v) is 15.4. The predicted octanol–water partition coefficient (Wildman–Crippen LogP) is 14.4. The van der Waals surface area contributed by atoms with E-state index >= 15 is 0 Å². The zero-order valence-corrected chi connectivity index (χ0v) is 63.3. The maximum absolute atomic E-state index is 14.3. The van der Waals surface area contributed by atoms with Crippen molar-refractivity contribution in [2.75, 3.05) is 111 Å². The van der Waals surface area contributed by atoms with Gasteiger partial charge in [0.2, 0.25) is 5.91 Å². The van der Waals surface area contributed by atoms with E-state index in [0.29, 0.717) is 62.1 Å². The van der Waals surface area contributed by atoms with Crippen LogP contribution in [0.1, 0.15) is 38.3 Å². The number of rotatable bonds is 15. The van der Waals surface area contributed by atoms with Gasteiger partial charge in [0, 0.05) is 138 Å². The highest BCUT2D eigenvalue weighted by molar-refractivity contribution is 9.10. The van der Waals surface area contributed by atoms with Crippen LogP contribution >= 0.6 is 62.3 Å². The second-order valence-corrected chi connectivity index (χ2v) is 29.0. The summed E-state index contributed by atoms with van der Waals surface area (Å²) in [5.41, 5.74) is 9.16. The lowest BCUT2D eigenvalue weighted by Crippen LogP contribution is -2.45. The van der Waals surface area contributed by atoms with Crippen LogP contribution in [0.3, 0.4) is 0 Å². The highest BCUT2D eigenvalue weighted by Gasteiger charge is 2.36. The number of carbonyl (C=O) groups excluding carboxylic acids is 1. The molecule has 4 aliphatic heterocycles. The first-order chi connectivity index (χ1) is 51.5. The van der Waals surface area contributed by atoms with Crippen molar-refractivity contribution in [2.45, 2.75) is 58.2 Å². The third-order valence-corrected chi connectivity index (χ3v) is 21.5. The molecule has 0 unspecified atom stereocenters. The lowest BCUT2D eigenvalue weighted by atomic mass is 10.1. The molecule has 0 atom stereocenters. The van der Waals surface area contributed by atoms with E-state index in [-0.39, 0.29) is 28.5 Å². The number of anilines is 1. The van der Waals surface area contributed by atoms with Crippen molar-refractivity contribution in [1.82, 2.24) is 105 Å². The number of nitrogens with zero attached hydrogens (tertiary/aromatic N) is 21. The molecule has 13 heterocycles. The van der Waals surface area contributed by atoms with Gasteiger partial charge in [-0.2, -0.15) is 24.1 Å². The molecule has 0 bridgehead atoms. The quantitative estimate of drug-likeness (QED) is 0.101. The van der Waals surface area contributed by atoms with Crippen LogP contribution in [0.15, 0.2) is 156 Å². The molecule has 1 amide bonds. The molecule has 0 aliphatic carbocycles. The molecule has 106 heavy (non-hydrogen) atoms. The number of amides is 1. The van der Waals surface area contributed by atoms with Gasteiger partial charge in [0.25, 0.3) is 5.92 Å². The SMILES string of the molecule is CC(F)(F)c1nn(CC(=O)N2CCCC2)c2nnc(-c3ccccc3)c(Cl)c12.CN1CCN(CCn2nc(-c3ccccn3)c3c(Cl)c(-c4ccccc4)nnc32)CC1.CN1CCN(CCn2nc(N3CCCC3)c3c(Cl)c(-c4ccccc4)nnc32)CC1.Clc1c(-c2ccccc2)nnc2[nH]cc(Br)c12. The Labute approximate surface area is 639 Å². The van der Waals surface area contributed by atoms with Crippen molar-refractivity contribution in [3.8, 4) is 56.4 Å². The summed E-state index contributed by atoms with van der Waals surface area (Å²) >= 11 is 30.1. The Morgan fingerprint density at radius 2 is 0.887 bits per heavy atom. The highest BCUT2D eigenvalue weighted by atomic mass is 79.9. The number of halogens is 7. The van der Waals surface area contributed by atoms with Crippen LogP contribution in [0.25, 0.3) is 101 Å². The number of likely N-dealkylation sites (tertiary alicyclic amines) is 1. The number of hydrogen-bond acceptors (Lipinski definition) is 18. The molecule has 546 valence electrons. The fraction of sp³-hybridized carbons (Fsp3) is 0.329. The number of alkyl halides is 2. The Balaban J connectivity index is 0.000000121. The summed E-state index contributed by atoms with van der Waals surface area (Å²) in [6, 6.07) is 44.5. The number of fused-ring (bicyclic) bond motifs is 4. The minimum absolute atomic E-state index is 0.0252. The maximum atomic E-state index is 14.3. The Morgan fingerprint density at radius 1 is 0.462 bits per heavy atom. The minimum atomic E-state index is -3.25. The van der Waals surface area contributed by atoms with Gasteiger partial charge in [-0.25, -0.2) is 14.0 Å². The standard InChI is InChI=1S/C23H24ClN7.C22H28ClN7.C19H18ClF2N5O.C12H7BrClN3/c1-29-11-13-30(14-12-29)15-16-31-23-19(22(28-31)18-9-5-6-10-25-18)20(24)21(26-27-23)17-7-3-2-4-8-17;1-27-11-13-28(14-12-27)15-16-30-21-18(22(26-30)29-9-5-6-10-29)19(23)20(24-25-21)17-7-3-2-4-8-17;1-19(21,22)17-14-15(20)16(12-7-3-2-4-8-12)23-24-18(14)27(25-17)11-13(28)26-9-5-6-10-26;13-8-6-15-12-9(8)10(14)11(16-17-12)7-4-2-1-3-5-7/h2-10H,11-16H2,1H3;2-4,7-8H,5-6,9-16H2,1H3;2-4,7-8H,5-6,9-11H2,1H3;1-6H,(H,15,17). The fourth-order valence-electron chi connectivity index (χ4n) is 13.5. The van der Waals surface area contributed by atoms with Crippen LogP contribution in [0.5, 0.6) is 0 Å². The summed E-state index contributed by atoms with van der Waals surface area (Å²) in [6.07, 6.45) is 7.84. The Bertz CT molecular complexity index is 5160. The monoisotopic (exact) mass is 1570 g/mol. The number of benzene rings is 4. The van der Waals surface area contributed by atoms with Crippen LogP contribution in [0.2, 0.25) is 20.1 Å². The van der Waals surface area contributed by atoms with Gasteiger partial charge in [-0.15, -0.1) is 40.8 Å². The molecule has 0 saturated carbocycles. The van der Waals surface area contributed by atoms with Crippen LogP contribution in [0.4, 0.5) is 14.6 Å². The smallest absolute Gasteiger partial charge is 0.289 e. The van der Waals surface area contributed by atoms with Gasteiger partial charge in [0.05, 0.1) is 60.4 Å². The van der Waals surface area contributed by atoms with Crippen molar-refractivity contribution in [3.05, 3.63) is 182 Å². The van der Waals surface area contributed by atoms with Crippen molar-refractivity contribution in [2.24, 2.45) is 0 Å². The summed E-state index contributed by atoms with van der Waals surface area (Å²) in [5, 5.41) is 53.0. The predicted molar refractivity (Wildman–Crippen MR) is 417 cm³/mol. The molecule has 17 rings (SSSR count). The van der Waals surface area contributed by atoms with Gasteiger partial charge in [-0.05, 0) is 67.8 Å². The topological polar surface area (TPSA) is 222 Å². The minimum Gasteiger partial charge on any atom is -0.355 e. The van der Waals surface area contributed by atoms with Gasteiger partial charge < -0.3 is 24.6 Å². The van der Waals surface area contributed by atoms with E-state index in [2.05, 4.69) is 110 Å².